The number of nitrogens with one attached hydrogen (secondary N) is 1. The molecule has 2 amide bonds. The molecule has 1 aromatic rings. The van der Waals surface area contributed by atoms with Gasteiger partial charge in [0.25, 0.3) is 0 Å². The first-order chi connectivity index (χ1) is 13.0. The molecule has 1 saturated carbocycles. The number of rotatable bonds is 5. The van der Waals surface area contributed by atoms with Crippen LogP contribution in [0.2, 0.25) is 10.0 Å². The van der Waals surface area contributed by atoms with Gasteiger partial charge in [-0.1, -0.05) is 54.2 Å². The Morgan fingerprint density at radius 2 is 2.04 bits per heavy atom. The van der Waals surface area contributed by atoms with E-state index in [1.807, 2.05) is 11.8 Å². The highest BCUT2D eigenvalue weighted by Crippen LogP contribution is 2.35. The summed E-state index contributed by atoms with van der Waals surface area (Å²) >= 11 is 13.5. The fraction of sp³-hybridized carbons (Fsp3) is 0.526. The van der Waals surface area contributed by atoms with E-state index in [1.54, 1.807) is 18.2 Å². The van der Waals surface area contributed by atoms with Crippen molar-refractivity contribution >= 4 is 57.6 Å². The first kappa shape index (κ1) is 20.5. The third-order valence-corrected chi connectivity index (χ3v) is 6.53. The normalized spacial score (nSPS) is 22.5. The molecule has 3 rings (SSSR count). The molecule has 0 bridgehead atoms. The molecule has 1 aliphatic carbocycles. The topological polar surface area (TPSA) is 61.8 Å². The molecule has 146 valence electrons. The van der Waals surface area contributed by atoms with Crippen molar-refractivity contribution in [1.29, 1.82) is 0 Å². The Bertz CT molecular complexity index is 750. The van der Waals surface area contributed by atoms with Crippen molar-refractivity contribution in [2.75, 3.05) is 11.9 Å². The van der Waals surface area contributed by atoms with Crippen LogP contribution < -0.4 is 5.32 Å². The smallest absolute Gasteiger partial charge is 0.242 e. The molecule has 1 saturated heterocycles. The maximum Gasteiger partial charge on any atom is 0.242 e. The second-order valence-corrected chi connectivity index (χ2v) is 8.75. The maximum atomic E-state index is 13.0. The van der Waals surface area contributed by atoms with Gasteiger partial charge < -0.3 is 5.32 Å². The molecule has 1 N–H and O–H groups in total. The van der Waals surface area contributed by atoms with Gasteiger partial charge in [-0.25, -0.2) is 0 Å². The van der Waals surface area contributed by atoms with E-state index >= 15 is 0 Å². The number of nitrogens with zero attached hydrogens (tertiary/aromatic N) is 2. The average Bonchev–Trinajstić information content (AvgIpc) is 2.94. The number of hydrogen-bond donors (Lipinski definition) is 1. The molecule has 0 unspecified atom stereocenters. The van der Waals surface area contributed by atoms with Crippen LogP contribution in [0.15, 0.2) is 23.2 Å². The number of halogens is 2. The van der Waals surface area contributed by atoms with E-state index in [0.717, 1.165) is 30.9 Å². The Balaban J connectivity index is 1.69. The SMILES string of the molecule is CCN=C1S[C@@H](CC(=O)Nc2cc(Cl)ccc2Cl)C(=O)N1C1CCCCC1. The summed E-state index contributed by atoms with van der Waals surface area (Å²) in [5, 5.41) is 3.97. The van der Waals surface area contributed by atoms with Crippen LogP contribution in [0.4, 0.5) is 5.69 Å². The van der Waals surface area contributed by atoms with Gasteiger partial charge in [-0.2, -0.15) is 0 Å². The first-order valence-corrected chi connectivity index (χ1v) is 10.9. The number of amidine groups is 1. The van der Waals surface area contributed by atoms with E-state index in [4.69, 9.17) is 23.2 Å². The lowest BCUT2D eigenvalue weighted by Crippen LogP contribution is -2.42. The Kier molecular flexibility index (Phi) is 7.06. The number of benzene rings is 1. The van der Waals surface area contributed by atoms with Crippen LogP contribution in [0.25, 0.3) is 0 Å². The number of hydrogen-bond acceptors (Lipinski definition) is 4. The second-order valence-electron chi connectivity index (χ2n) is 6.74. The van der Waals surface area contributed by atoms with Crippen LogP contribution in [-0.2, 0) is 9.59 Å². The fourth-order valence-corrected chi connectivity index (χ4v) is 5.10. The number of anilines is 1. The molecule has 5 nitrogen and oxygen atoms in total. The molecule has 0 aromatic heterocycles. The van der Waals surface area contributed by atoms with Crippen molar-refractivity contribution in [2.24, 2.45) is 4.99 Å². The standard InChI is InChI=1S/C19H23Cl2N3O2S/c1-2-22-19-24(13-6-4-3-5-7-13)18(26)16(27-19)11-17(25)23-15-10-12(20)8-9-14(15)21/h8-10,13,16H,2-7,11H2,1H3,(H,23,25)/t16-/m0/s1. The second kappa shape index (κ2) is 9.30. The molecule has 0 spiro atoms. The third kappa shape index (κ3) is 4.98. The fourth-order valence-electron chi connectivity index (χ4n) is 3.50. The van der Waals surface area contributed by atoms with Crippen molar-refractivity contribution in [3.05, 3.63) is 28.2 Å². The third-order valence-electron chi connectivity index (χ3n) is 4.77. The molecule has 2 aliphatic rings. The summed E-state index contributed by atoms with van der Waals surface area (Å²) in [5.74, 6) is -0.266. The van der Waals surface area contributed by atoms with Gasteiger partial charge >= 0.3 is 0 Å². The Morgan fingerprint density at radius 3 is 2.74 bits per heavy atom. The average molecular weight is 428 g/mol. The largest absolute Gasteiger partial charge is 0.325 e. The molecule has 2 fully saturated rings. The van der Waals surface area contributed by atoms with E-state index in [9.17, 15) is 9.59 Å². The summed E-state index contributed by atoms with van der Waals surface area (Å²) in [6.45, 7) is 2.58. The molecule has 8 heteroatoms. The van der Waals surface area contributed by atoms with Crippen LogP contribution in [0, 0.1) is 0 Å². The molecule has 27 heavy (non-hydrogen) atoms. The predicted octanol–water partition coefficient (Wildman–Crippen LogP) is 4.97. The van der Waals surface area contributed by atoms with Gasteiger partial charge in [0.15, 0.2) is 5.17 Å². The van der Waals surface area contributed by atoms with Gasteiger partial charge in [0.05, 0.1) is 10.7 Å². The molecule has 1 atom stereocenters. The summed E-state index contributed by atoms with van der Waals surface area (Å²) in [4.78, 5) is 31.8. The minimum Gasteiger partial charge on any atom is -0.325 e. The molecule has 0 radical (unpaired) electrons. The minimum absolute atomic E-state index is 0.00792. The Hall–Kier alpha value is -1.24. The highest BCUT2D eigenvalue weighted by atomic mass is 35.5. The van der Waals surface area contributed by atoms with Gasteiger partial charge in [-0.3, -0.25) is 19.5 Å². The van der Waals surface area contributed by atoms with E-state index in [2.05, 4.69) is 10.3 Å². The summed E-state index contributed by atoms with van der Waals surface area (Å²) < 4.78 is 0. The molecular formula is C19H23Cl2N3O2S. The van der Waals surface area contributed by atoms with Gasteiger partial charge in [-0.05, 0) is 38.0 Å². The number of carbonyl (C=O) groups excluding carboxylic acids is 2. The van der Waals surface area contributed by atoms with Crippen molar-refractivity contribution in [2.45, 2.75) is 56.7 Å². The van der Waals surface area contributed by atoms with Crippen molar-refractivity contribution < 1.29 is 9.59 Å². The lowest BCUT2D eigenvalue weighted by atomic mass is 9.94. The lowest BCUT2D eigenvalue weighted by molar-refractivity contribution is -0.130. The predicted molar refractivity (Wildman–Crippen MR) is 113 cm³/mol. The van der Waals surface area contributed by atoms with Crippen molar-refractivity contribution in [3.8, 4) is 0 Å². The monoisotopic (exact) mass is 427 g/mol. The van der Waals surface area contributed by atoms with Gasteiger partial charge in [-0.15, -0.1) is 0 Å². The summed E-state index contributed by atoms with van der Waals surface area (Å²) in [5.41, 5.74) is 0.455. The Labute approximate surface area is 173 Å². The summed E-state index contributed by atoms with van der Waals surface area (Å²) in [7, 11) is 0. The lowest BCUT2D eigenvalue weighted by Gasteiger charge is -2.30. The minimum atomic E-state index is -0.449. The zero-order chi connectivity index (χ0) is 19.4. The van der Waals surface area contributed by atoms with E-state index < -0.39 is 5.25 Å². The first-order valence-electron chi connectivity index (χ1n) is 9.28. The molecule has 1 aliphatic heterocycles. The van der Waals surface area contributed by atoms with Crippen LogP contribution in [-0.4, -0.2) is 39.7 Å². The van der Waals surface area contributed by atoms with E-state index in [0.29, 0.717) is 22.3 Å². The van der Waals surface area contributed by atoms with Crippen LogP contribution >= 0.6 is 35.0 Å². The van der Waals surface area contributed by atoms with E-state index in [1.165, 1.54) is 18.2 Å². The van der Waals surface area contributed by atoms with Gasteiger partial charge in [0.1, 0.15) is 5.25 Å². The molecule has 1 aromatic carbocycles. The van der Waals surface area contributed by atoms with E-state index in [-0.39, 0.29) is 24.3 Å². The summed E-state index contributed by atoms with van der Waals surface area (Å²) in [6.07, 6.45) is 5.59. The van der Waals surface area contributed by atoms with Crippen molar-refractivity contribution in [1.82, 2.24) is 4.90 Å². The van der Waals surface area contributed by atoms with Crippen LogP contribution in [0.5, 0.6) is 0 Å². The van der Waals surface area contributed by atoms with Gasteiger partial charge in [0, 0.05) is 24.0 Å². The summed E-state index contributed by atoms with van der Waals surface area (Å²) in [6, 6.07) is 5.10. The van der Waals surface area contributed by atoms with Crippen molar-refractivity contribution in [3.63, 3.8) is 0 Å². The zero-order valence-electron chi connectivity index (χ0n) is 15.2. The number of amides is 2. The number of thioether (sulfide) groups is 1. The molecule has 1 heterocycles. The molecular weight excluding hydrogens is 405 g/mol. The van der Waals surface area contributed by atoms with Gasteiger partial charge in [0.2, 0.25) is 11.8 Å². The Morgan fingerprint density at radius 1 is 1.30 bits per heavy atom. The highest BCUT2D eigenvalue weighted by Gasteiger charge is 2.42. The number of carbonyl (C=O) groups is 2. The highest BCUT2D eigenvalue weighted by molar-refractivity contribution is 8.15. The van der Waals surface area contributed by atoms with Crippen LogP contribution in [0.1, 0.15) is 45.4 Å². The van der Waals surface area contributed by atoms with Crippen LogP contribution in [0.3, 0.4) is 0 Å². The maximum absolute atomic E-state index is 13.0. The zero-order valence-corrected chi connectivity index (χ0v) is 17.5. The number of aliphatic imine (C=N–C) groups is 1. The quantitative estimate of drug-likeness (QED) is 0.720.